The largest absolute Gasteiger partial charge is 0.360 e. The average molecular weight is 296 g/mol. The Bertz CT molecular complexity index is 540. The summed E-state index contributed by atoms with van der Waals surface area (Å²) < 4.78 is 14.2. The van der Waals surface area contributed by atoms with Crippen LogP contribution in [0.5, 0.6) is 0 Å². The highest BCUT2D eigenvalue weighted by molar-refractivity contribution is 9.10. The van der Waals surface area contributed by atoms with E-state index in [9.17, 15) is 4.39 Å². The van der Waals surface area contributed by atoms with Crippen LogP contribution in [0.25, 0.3) is 10.9 Å². The second-order valence-corrected chi connectivity index (χ2v) is 5.83. The Balaban J connectivity index is 1.99. The molecule has 1 heterocycles. The van der Waals surface area contributed by atoms with Crippen molar-refractivity contribution in [2.24, 2.45) is 5.92 Å². The molecular weight excluding hydrogens is 281 g/mol. The Kier molecular flexibility index (Phi) is 2.95. The Morgan fingerprint density at radius 3 is 2.82 bits per heavy atom. The third kappa shape index (κ3) is 2.13. The Morgan fingerprint density at radius 1 is 1.29 bits per heavy atom. The van der Waals surface area contributed by atoms with Gasteiger partial charge in [0.25, 0.3) is 0 Å². The summed E-state index contributed by atoms with van der Waals surface area (Å²) in [5.74, 6) is 0.618. The van der Waals surface area contributed by atoms with Gasteiger partial charge in [-0.2, -0.15) is 0 Å². The zero-order chi connectivity index (χ0) is 11.8. The third-order valence-electron chi connectivity index (χ3n) is 3.78. The molecule has 1 fully saturated rings. The van der Waals surface area contributed by atoms with Gasteiger partial charge < -0.3 is 4.98 Å². The predicted molar refractivity (Wildman–Crippen MR) is 71.6 cm³/mol. The minimum atomic E-state index is -0.170. The van der Waals surface area contributed by atoms with E-state index in [1.165, 1.54) is 37.3 Å². The minimum absolute atomic E-state index is 0.170. The van der Waals surface area contributed by atoms with Crippen LogP contribution in [0.3, 0.4) is 0 Å². The lowest BCUT2D eigenvalue weighted by molar-refractivity contribution is 0.548. The first kappa shape index (κ1) is 11.3. The van der Waals surface area contributed by atoms with Crippen molar-refractivity contribution in [1.29, 1.82) is 0 Å². The van der Waals surface area contributed by atoms with E-state index >= 15 is 0 Å². The molecule has 17 heavy (non-hydrogen) atoms. The quantitative estimate of drug-likeness (QED) is 0.819. The van der Waals surface area contributed by atoms with E-state index in [-0.39, 0.29) is 5.82 Å². The maximum atomic E-state index is 13.4. The second-order valence-electron chi connectivity index (χ2n) is 4.98. The molecule has 1 aliphatic rings. The molecule has 0 saturated heterocycles. The van der Waals surface area contributed by atoms with E-state index in [2.05, 4.69) is 20.9 Å². The Morgan fingerprint density at radius 2 is 2.06 bits per heavy atom. The molecule has 2 aromatic rings. The lowest BCUT2D eigenvalue weighted by atomic mass is 9.98. The molecule has 0 bridgehead atoms. The molecule has 1 aromatic heterocycles. The normalized spacial score (nSPS) is 17.1. The third-order valence-corrected chi connectivity index (χ3v) is 4.40. The van der Waals surface area contributed by atoms with E-state index in [0.717, 1.165) is 27.7 Å². The number of aromatic amines is 1. The standard InChI is InChI=1S/C14H15BrFN/c15-13-7-11(16)6-12-10(8-17-14(12)13)5-9-3-1-2-4-9/h6-9,17H,1-5H2. The molecule has 0 amide bonds. The summed E-state index contributed by atoms with van der Waals surface area (Å²) in [6.07, 6.45) is 8.46. The topological polar surface area (TPSA) is 15.8 Å². The molecule has 1 saturated carbocycles. The van der Waals surface area contributed by atoms with Crippen molar-refractivity contribution in [2.45, 2.75) is 32.1 Å². The summed E-state index contributed by atoms with van der Waals surface area (Å²) in [7, 11) is 0. The molecule has 1 N–H and O–H groups in total. The van der Waals surface area contributed by atoms with Gasteiger partial charge in [0, 0.05) is 16.1 Å². The van der Waals surface area contributed by atoms with E-state index < -0.39 is 0 Å². The first-order chi connectivity index (χ1) is 8.24. The second kappa shape index (κ2) is 4.45. The number of H-pyrrole nitrogens is 1. The van der Waals surface area contributed by atoms with Crippen LogP contribution >= 0.6 is 15.9 Å². The highest BCUT2D eigenvalue weighted by Crippen LogP contribution is 2.32. The number of hydrogen-bond acceptors (Lipinski definition) is 0. The SMILES string of the molecule is Fc1cc(Br)c2[nH]cc(CC3CCCC3)c2c1. The van der Waals surface area contributed by atoms with Gasteiger partial charge in [-0.15, -0.1) is 0 Å². The molecule has 1 aliphatic carbocycles. The summed E-state index contributed by atoms with van der Waals surface area (Å²) in [4.78, 5) is 3.24. The first-order valence-electron chi connectivity index (χ1n) is 6.19. The van der Waals surface area contributed by atoms with Gasteiger partial charge in [-0.3, -0.25) is 0 Å². The van der Waals surface area contributed by atoms with E-state index in [4.69, 9.17) is 0 Å². The van der Waals surface area contributed by atoms with Crippen molar-refractivity contribution in [3.05, 3.63) is 34.2 Å². The molecule has 1 aromatic carbocycles. The highest BCUT2D eigenvalue weighted by atomic mass is 79.9. The average Bonchev–Trinajstić information content (AvgIpc) is 2.89. The van der Waals surface area contributed by atoms with E-state index in [0.29, 0.717) is 0 Å². The summed E-state index contributed by atoms with van der Waals surface area (Å²) in [6.45, 7) is 0. The molecule has 1 nitrogen and oxygen atoms in total. The smallest absolute Gasteiger partial charge is 0.125 e. The van der Waals surface area contributed by atoms with Gasteiger partial charge in [0.05, 0.1) is 5.52 Å². The fraction of sp³-hybridized carbons (Fsp3) is 0.429. The molecule has 0 radical (unpaired) electrons. The molecule has 0 aliphatic heterocycles. The van der Waals surface area contributed by atoms with Crippen LogP contribution in [-0.4, -0.2) is 4.98 Å². The fourth-order valence-corrected chi connectivity index (χ4v) is 3.45. The van der Waals surface area contributed by atoms with Crippen LogP contribution < -0.4 is 0 Å². The van der Waals surface area contributed by atoms with Gasteiger partial charge in [-0.25, -0.2) is 4.39 Å². The van der Waals surface area contributed by atoms with Crippen molar-refractivity contribution >= 4 is 26.8 Å². The summed E-state index contributed by atoms with van der Waals surface area (Å²) in [5, 5.41) is 1.03. The van der Waals surface area contributed by atoms with Gasteiger partial charge in [-0.1, -0.05) is 25.7 Å². The van der Waals surface area contributed by atoms with Gasteiger partial charge in [0.15, 0.2) is 0 Å². The summed E-state index contributed by atoms with van der Waals surface area (Å²) in [5.41, 5.74) is 2.27. The summed E-state index contributed by atoms with van der Waals surface area (Å²) in [6, 6.07) is 3.15. The molecule has 3 rings (SSSR count). The monoisotopic (exact) mass is 295 g/mol. The zero-order valence-electron chi connectivity index (χ0n) is 9.60. The van der Waals surface area contributed by atoms with Gasteiger partial charge >= 0.3 is 0 Å². The summed E-state index contributed by atoms with van der Waals surface area (Å²) >= 11 is 3.40. The first-order valence-corrected chi connectivity index (χ1v) is 6.98. The van der Waals surface area contributed by atoms with E-state index in [1.807, 2.05) is 6.20 Å². The van der Waals surface area contributed by atoms with Gasteiger partial charge in [0.1, 0.15) is 5.82 Å². The minimum Gasteiger partial charge on any atom is -0.360 e. The molecule has 0 spiro atoms. The lowest BCUT2D eigenvalue weighted by Gasteiger charge is -2.07. The van der Waals surface area contributed by atoms with E-state index in [1.54, 1.807) is 6.07 Å². The van der Waals surface area contributed by atoms with Crippen LogP contribution in [0, 0.1) is 11.7 Å². The van der Waals surface area contributed by atoms with Crippen molar-refractivity contribution in [1.82, 2.24) is 4.98 Å². The van der Waals surface area contributed by atoms with Gasteiger partial charge in [0.2, 0.25) is 0 Å². The number of halogens is 2. The van der Waals surface area contributed by atoms with Crippen molar-refractivity contribution in [3.8, 4) is 0 Å². The molecule has 3 heteroatoms. The number of benzene rings is 1. The maximum absolute atomic E-state index is 13.4. The number of rotatable bonds is 2. The molecule has 0 atom stereocenters. The number of hydrogen-bond donors (Lipinski definition) is 1. The molecule has 0 unspecified atom stereocenters. The van der Waals surface area contributed by atoms with Crippen LogP contribution in [-0.2, 0) is 6.42 Å². The number of aromatic nitrogens is 1. The molecular formula is C14H15BrFN. The fourth-order valence-electron chi connectivity index (χ4n) is 2.90. The lowest BCUT2D eigenvalue weighted by Crippen LogP contribution is -1.97. The maximum Gasteiger partial charge on any atom is 0.125 e. The number of fused-ring (bicyclic) bond motifs is 1. The van der Waals surface area contributed by atoms with Crippen LogP contribution in [0.4, 0.5) is 4.39 Å². The van der Waals surface area contributed by atoms with Crippen LogP contribution in [0.15, 0.2) is 22.8 Å². The predicted octanol–water partition coefficient (Wildman–Crippen LogP) is 4.80. The van der Waals surface area contributed by atoms with Crippen LogP contribution in [0.2, 0.25) is 0 Å². The zero-order valence-corrected chi connectivity index (χ0v) is 11.2. The highest BCUT2D eigenvalue weighted by Gasteiger charge is 2.17. The van der Waals surface area contributed by atoms with Crippen LogP contribution in [0.1, 0.15) is 31.2 Å². The number of nitrogens with one attached hydrogen (secondary N) is 1. The van der Waals surface area contributed by atoms with Crippen molar-refractivity contribution < 1.29 is 4.39 Å². The van der Waals surface area contributed by atoms with Gasteiger partial charge in [-0.05, 0) is 46.0 Å². The Hall–Kier alpha value is -0.830. The van der Waals surface area contributed by atoms with Crippen molar-refractivity contribution in [3.63, 3.8) is 0 Å². The Labute approximate surface area is 109 Å². The van der Waals surface area contributed by atoms with Crippen molar-refractivity contribution in [2.75, 3.05) is 0 Å². The molecule has 90 valence electrons.